The Hall–Kier alpha value is -1.80. The molecule has 22 heavy (non-hydrogen) atoms. The number of thiazole rings is 1. The van der Waals surface area contributed by atoms with Gasteiger partial charge in [-0.3, -0.25) is 10.1 Å². The van der Waals surface area contributed by atoms with E-state index < -0.39 is 0 Å². The lowest BCUT2D eigenvalue weighted by Gasteiger charge is -2.03. The average molecular weight is 424 g/mol. The molecule has 0 aliphatic heterocycles. The van der Waals surface area contributed by atoms with Crippen molar-refractivity contribution >= 4 is 45.0 Å². The summed E-state index contributed by atoms with van der Waals surface area (Å²) in [6.45, 7) is 0. The fourth-order valence-electron chi connectivity index (χ4n) is 1.89. The molecular formula is C16H10FIN2OS. The summed E-state index contributed by atoms with van der Waals surface area (Å²) in [5.74, 6) is -0.476. The summed E-state index contributed by atoms with van der Waals surface area (Å²) in [5.41, 5.74) is 2.14. The zero-order valence-electron chi connectivity index (χ0n) is 11.2. The van der Waals surface area contributed by atoms with E-state index in [-0.39, 0.29) is 11.7 Å². The Morgan fingerprint density at radius 3 is 2.59 bits per heavy atom. The van der Waals surface area contributed by atoms with Crippen LogP contribution in [0.5, 0.6) is 0 Å². The molecular weight excluding hydrogens is 414 g/mol. The van der Waals surface area contributed by atoms with Gasteiger partial charge in [-0.25, -0.2) is 9.37 Å². The molecule has 0 atom stereocenters. The van der Waals surface area contributed by atoms with Gasteiger partial charge in [-0.1, -0.05) is 12.1 Å². The normalized spacial score (nSPS) is 10.5. The summed E-state index contributed by atoms with van der Waals surface area (Å²) in [5, 5.41) is 5.14. The molecule has 0 saturated heterocycles. The zero-order valence-corrected chi connectivity index (χ0v) is 14.2. The van der Waals surface area contributed by atoms with E-state index in [1.165, 1.54) is 23.5 Å². The number of anilines is 1. The second kappa shape index (κ2) is 6.53. The lowest BCUT2D eigenvalue weighted by atomic mass is 10.2. The number of rotatable bonds is 3. The summed E-state index contributed by atoms with van der Waals surface area (Å²) < 4.78 is 13.8. The van der Waals surface area contributed by atoms with Gasteiger partial charge in [-0.05, 0) is 59.0 Å². The monoisotopic (exact) mass is 424 g/mol. The maximum Gasteiger partial charge on any atom is 0.258 e. The Morgan fingerprint density at radius 1 is 1.14 bits per heavy atom. The highest BCUT2D eigenvalue weighted by molar-refractivity contribution is 14.1. The molecule has 0 unspecified atom stereocenters. The number of carbonyl (C=O) groups is 1. The highest BCUT2D eigenvalue weighted by Gasteiger charge is 2.12. The number of halogens is 2. The van der Waals surface area contributed by atoms with Crippen LogP contribution in [0.4, 0.5) is 9.52 Å². The number of benzene rings is 2. The second-order valence-corrected chi connectivity index (χ2v) is 6.50. The number of nitrogens with one attached hydrogen (secondary N) is 1. The van der Waals surface area contributed by atoms with Crippen LogP contribution in [0.15, 0.2) is 53.9 Å². The number of amides is 1. The first-order valence-electron chi connectivity index (χ1n) is 6.41. The van der Waals surface area contributed by atoms with Crippen molar-refractivity contribution in [2.24, 2.45) is 0 Å². The summed E-state index contributed by atoms with van der Waals surface area (Å²) >= 11 is 3.46. The quantitative estimate of drug-likeness (QED) is 0.614. The van der Waals surface area contributed by atoms with E-state index in [0.717, 1.165) is 9.13 Å². The summed E-state index contributed by atoms with van der Waals surface area (Å²) in [4.78, 5) is 16.6. The van der Waals surface area contributed by atoms with Crippen LogP contribution in [0.3, 0.4) is 0 Å². The van der Waals surface area contributed by atoms with Crippen LogP contribution in [-0.2, 0) is 0 Å². The van der Waals surface area contributed by atoms with E-state index >= 15 is 0 Å². The first kappa shape index (κ1) is 15.1. The lowest BCUT2D eigenvalue weighted by Crippen LogP contribution is -2.13. The first-order chi connectivity index (χ1) is 10.6. The highest BCUT2D eigenvalue weighted by atomic mass is 127. The van der Waals surface area contributed by atoms with E-state index in [2.05, 4.69) is 32.9 Å². The molecule has 110 valence electrons. The van der Waals surface area contributed by atoms with Crippen LogP contribution in [0, 0.1) is 9.39 Å². The number of hydrogen-bond donors (Lipinski definition) is 1. The van der Waals surface area contributed by atoms with Crippen LogP contribution in [-0.4, -0.2) is 10.9 Å². The van der Waals surface area contributed by atoms with Gasteiger partial charge in [0.2, 0.25) is 0 Å². The molecule has 1 aromatic heterocycles. The molecule has 0 spiro atoms. The van der Waals surface area contributed by atoms with Crippen LogP contribution in [0.2, 0.25) is 0 Å². The van der Waals surface area contributed by atoms with Gasteiger partial charge in [0, 0.05) is 14.5 Å². The molecule has 0 aliphatic rings. The summed E-state index contributed by atoms with van der Waals surface area (Å²) in [6, 6.07) is 13.5. The van der Waals surface area contributed by atoms with Crippen molar-refractivity contribution in [3.05, 3.63) is 68.9 Å². The maximum atomic E-state index is 12.9. The number of hydrogen-bond acceptors (Lipinski definition) is 3. The molecule has 3 aromatic rings. The van der Waals surface area contributed by atoms with Crippen molar-refractivity contribution in [2.45, 2.75) is 0 Å². The number of aromatic nitrogens is 1. The Balaban J connectivity index is 1.78. The molecule has 0 bridgehead atoms. The van der Waals surface area contributed by atoms with E-state index in [4.69, 9.17) is 0 Å². The van der Waals surface area contributed by atoms with Crippen LogP contribution >= 0.6 is 33.9 Å². The summed E-state index contributed by atoms with van der Waals surface area (Å²) in [7, 11) is 0. The molecule has 0 radical (unpaired) electrons. The standard InChI is InChI=1S/C16H10FIN2OS/c17-11-7-5-10(6-8-11)14-9-22-16(19-14)20-15(21)12-3-1-2-4-13(12)18/h1-9H,(H,19,20,21). The Bertz CT molecular complexity index is 817. The van der Waals surface area contributed by atoms with Crippen LogP contribution in [0.25, 0.3) is 11.3 Å². The lowest BCUT2D eigenvalue weighted by molar-refractivity contribution is 0.102. The van der Waals surface area contributed by atoms with Crippen molar-refractivity contribution in [3.63, 3.8) is 0 Å². The van der Waals surface area contributed by atoms with Gasteiger partial charge in [-0.2, -0.15) is 0 Å². The molecule has 1 heterocycles. The van der Waals surface area contributed by atoms with Crippen molar-refractivity contribution in [2.75, 3.05) is 5.32 Å². The first-order valence-corrected chi connectivity index (χ1v) is 8.36. The molecule has 0 saturated carbocycles. The predicted molar refractivity (Wildman–Crippen MR) is 94.6 cm³/mol. The SMILES string of the molecule is O=C(Nc1nc(-c2ccc(F)cc2)cs1)c1ccccc1I. The largest absolute Gasteiger partial charge is 0.298 e. The van der Waals surface area contributed by atoms with Gasteiger partial charge >= 0.3 is 0 Å². The maximum absolute atomic E-state index is 12.9. The Kier molecular flexibility index (Phi) is 4.49. The van der Waals surface area contributed by atoms with Gasteiger partial charge < -0.3 is 0 Å². The van der Waals surface area contributed by atoms with Crippen LogP contribution < -0.4 is 5.32 Å². The van der Waals surface area contributed by atoms with Gasteiger partial charge in [0.25, 0.3) is 5.91 Å². The third kappa shape index (κ3) is 3.33. The van der Waals surface area contributed by atoms with Gasteiger partial charge in [-0.15, -0.1) is 11.3 Å². The molecule has 3 rings (SSSR count). The zero-order chi connectivity index (χ0) is 15.5. The Morgan fingerprint density at radius 2 is 1.86 bits per heavy atom. The predicted octanol–water partition coefficient (Wildman–Crippen LogP) is 4.81. The third-order valence-corrected chi connectivity index (χ3v) is 4.68. The number of carbonyl (C=O) groups excluding carboxylic acids is 1. The van der Waals surface area contributed by atoms with Crippen LogP contribution in [0.1, 0.15) is 10.4 Å². The minimum Gasteiger partial charge on any atom is -0.298 e. The molecule has 6 heteroatoms. The average Bonchev–Trinajstić information content (AvgIpc) is 2.97. The molecule has 3 nitrogen and oxygen atoms in total. The van der Waals surface area contributed by atoms with Crippen molar-refractivity contribution < 1.29 is 9.18 Å². The number of nitrogens with zero attached hydrogens (tertiary/aromatic N) is 1. The fraction of sp³-hybridized carbons (Fsp3) is 0. The fourth-order valence-corrected chi connectivity index (χ4v) is 3.24. The molecule has 2 aromatic carbocycles. The minimum atomic E-state index is -0.286. The minimum absolute atomic E-state index is 0.190. The third-order valence-electron chi connectivity index (χ3n) is 2.98. The van der Waals surface area contributed by atoms with Gasteiger partial charge in [0.15, 0.2) is 5.13 Å². The molecule has 0 fully saturated rings. The van der Waals surface area contributed by atoms with Gasteiger partial charge in [0.1, 0.15) is 5.82 Å². The van der Waals surface area contributed by atoms with E-state index in [1.807, 2.05) is 23.6 Å². The summed E-state index contributed by atoms with van der Waals surface area (Å²) in [6.07, 6.45) is 0. The molecule has 0 aliphatic carbocycles. The smallest absolute Gasteiger partial charge is 0.258 e. The van der Waals surface area contributed by atoms with Crippen molar-refractivity contribution in [1.82, 2.24) is 4.98 Å². The van der Waals surface area contributed by atoms with E-state index in [1.54, 1.807) is 18.2 Å². The molecule has 1 amide bonds. The van der Waals surface area contributed by atoms with E-state index in [0.29, 0.717) is 16.4 Å². The molecule has 1 N–H and O–H groups in total. The second-order valence-electron chi connectivity index (χ2n) is 4.48. The van der Waals surface area contributed by atoms with Crippen molar-refractivity contribution in [3.8, 4) is 11.3 Å². The topological polar surface area (TPSA) is 42.0 Å². The Labute approximate surface area is 144 Å². The highest BCUT2D eigenvalue weighted by Crippen LogP contribution is 2.25. The van der Waals surface area contributed by atoms with E-state index in [9.17, 15) is 9.18 Å². The van der Waals surface area contributed by atoms with Gasteiger partial charge in [0.05, 0.1) is 11.3 Å². The van der Waals surface area contributed by atoms with Crippen molar-refractivity contribution in [1.29, 1.82) is 0 Å².